The third-order valence-corrected chi connectivity index (χ3v) is 5.37. The molecule has 0 saturated carbocycles. The molecule has 30 heavy (non-hydrogen) atoms. The van der Waals surface area contributed by atoms with Gasteiger partial charge in [0.2, 0.25) is 5.91 Å². The number of benzene rings is 3. The van der Waals surface area contributed by atoms with Crippen LogP contribution in [0.1, 0.15) is 23.4 Å². The van der Waals surface area contributed by atoms with Crippen LogP contribution in [0.4, 0.5) is 5.69 Å². The monoisotopic (exact) mass is 399 g/mol. The summed E-state index contributed by atoms with van der Waals surface area (Å²) < 4.78 is 7.23. The molecule has 0 aliphatic rings. The molecular weight excluding hydrogens is 374 g/mol. The molecule has 0 unspecified atom stereocenters. The van der Waals surface area contributed by atoms with E-state index < -0.39 is 0 Å². The number of rotatable bonds is 6. The van der Waals surface area contributed by atoms with E-state index in [4.69, 9.17) is 4.74 Å². The van der Waals surface area contributed by atoms with Gasteiger partial charge in [0.05, 0.1) is 18.5 Å². The molecule has 0 saturated heterocycles. The minimum atomic E-state index is -0.00166. The second-order valence-corrected chi connectivity index (χ2v) is 7.37. The summed E-state index contributed by atoms with van der Waals surface area (Å²) in [6.45, 7) is 4.02. The van der Waals surface area contributed by atoms with Gasteiger partial charge in [0, 0.05) is 23.9 Å². The second kappa shape index (κ2) is 8.41. The fraction of sp³-hybridized carbons (Fsp3) is 0.200. The Hall–Kier alpha value is -3.60. The van der Waals surface area contributed by atoms with Crippen LogP contribution in [0.15, 0.2) is 66.7 Å². The molecule has 1 amide bonds. The number of fused-ring (bicyclic) bond motifs is 1. The molecule has 0 fully saturated rings. The fourth-order valence-corrected chi connectivity index (χ4v) is 3.76. The van der Waals surface area contributed by atoms with Gasteiger partial charge in [-0.25, -0.2) is 4.68 Å². The van der Waals surface area contributed by atoms with E-state index in [2.05, 4.69) is 16.5 Å². The lowest BCUT2D eigenvalue weighted by atomic mass is 10.1. The summed E-state index contributed by atoms with van der Waals surface area (Å²) in [5.41, 5.74) is 4.85. The summed E-state index contributed by atoms with van der Waals surface area (Å²) in [4.78, 5) is 12.5. The molecule has 1 heterocycles. The Bertz CT molecular complexity index is 1210. The third kappa shape index (κ3) is 4.06. The Labute approximate surface area is 176 Å². The summed E-state index contributed by atoms with van der Waals surface area (Å²) in [6, 6.07) is 21.9. The number of methoxy groups -OCH3 is 1. The predicted molar refractivity (Wildman–Crippen MR) is 120 cm³/mol. The zero-order chi connectivity index (χ0) is 21.1. The summed E-state index contributed by atoms with van der Waals surface area (Å²) in [5, 5.41) is 9.97. The molecule has 0 spiro atoms. The first-order chi connectivity index (χ1) is 14.5. The van der Waals surface area contributed by atoms with Crippen LogP contribution in [0.2, 0.25) is 0 Å². The highest BCUT2D eigenvalue weighted by Gasteiger charge is 2.15. The molecule has 4 rings (SSSR count). The van der Waals surface area contributed by atoms with E-state index in [-0.39, 0.29) is 5.91 Å². The molecule has 152 valence electrons. The van der Waals surface area contributed by atoms with Crippen LogP contribution in [0.25, 0.3) is 16.5 Å². The van der Waals surface area contributed by atoms with Crippen molar-refractivity contribution in [3.05, 3.63) is 83.7 Å². The summed E-state index contributed by atoms with van der Waals surface area (Å²) in [5.74, 6) is 0.787. The smallest absolute Gasteiger partial charge is 0.224 e. The number of ether oxygens (including phenoxy) is 1. The molecule has 0 aliphatic heterocycles. The number of carbonyl (C=O) groups excluding carboxylic acids is 1. The minimum Gasteiger partial charge on any atom is -0.497 e. The number of nitrogens with one attached hydrogen (secondary N) is 1. The van der Waals surface area contributed by atoms with E-state index in [0.717, 1.165) is 44.8 Å². The van der Waals surface area contributed by atoms with Crippen molar-refractivity contribution in [2.45, 2.75) is 26.7 Å². The molecular formula is C25H25N3O2. The van der Waals surface area contributed by atoms with Crippen LogP contribution in [0.5, 0.6) is 5.75 Å². The van der Waals surface area contributed by atoms with Gasteiger partial charge in [-0.15, -0.1) is 0 Å². The standard InChI is InChI=1S/C25H25N3O2/c1-17-24(18(2)28(27-17)22-9-6-10-23(16-22)30-3)13-14-25(29)26-21-12-11-19-7-4-5-8-20(19)15-21/h4-12,15-16H,13-14H2,1-3H3,(H,26,29). The average Bonchev–Trinajstić information content (AvgIpc) is 3.05. The predicted octanol–water partition coefficient (Wildman–Crippen LogP) is 5.22. The van der Waals surface area contributed by atoms with Gasteiger partial charge in [0.25, 0.3) is 0 Å². The topological polar surface area (TPSA) is 56.2 Å². The van der Waals surface area contributed by atoms with Crippen molar-refractivity contribution in [3.8, 4) is 11.4 Å². The number of hydrogen-bond donors (Lipinski definition) is 1. The third-order valence-electron chi connectivity index (χ3n) is 5.37. The van der Waals surface area contributed by atoms with E-state index in [1.54, 1.807) is 7.11 Å². The van der Waals surface area contributed by atoms with Gasteiger partial charge < -0.3 is 10.1 Å². The zero-order valence-corrected chi connectivity index (χ0v) is 17.5. The number of aromatic nitrogens is 2. The largest absolute Gasteiger partial charge is 0.497 e. The van der Waals surface area contributed by atoms with E-state index in [9.17, 15) is 4.79 Å². The minimum absolute atomic E-state index is 0.00166. The van der Waals surface area contributed by atoms with E-state index in [1.807, 2.05) is 79.2 Å². The maximum atomic E-state index is 12.5. The second-order valence-electron chi connectivity index (χ2n) is 7.37. The SMILES string of the molecule is COc1cccc(-n2nc(C)c(CCC(=O)Nc3ccc4ccccc4c3)c2C)c1. The fourth-order valence-electron chi connectivity index (χ4n) is 3.76. The van der Waals surface area contributed by atoms with Crippen LogP contribution in [-0.2, 0) is 11.2 Å². The molecule has 1 aromatic heterocycles. The van der Waals surface area contributed by atoms with Crippen LogP contribution < -0.4 is 10.1 Å². The first-order valence-electron chi connectivity index (χ1n) is 10.0. The molecule has 5 heteroatoms. The van der Waals surface area contributed by atoms with Gasteiger partial charge in [-0.2, -0.15) is 5.10 Å². The molecule has 0 atom stereocenters. The lowest BCUT2D eigenvalue weighted by molar-refractivity contribution is -0.116. The Balaban J connectivity index is 1.46. The molecule has 0 aliphatic carbocycles. The van der Waals surface area contributed by atoms with Crippen molar-refractivity contribution in [2.24, 2.45) is 0 Å². The highest BCUT2D eigenvalue weighted by atomic mass is 16.5. The Morgan fingerprint density at radius 1 is 1.00 bits per heavy atom. The Morgan fingerprint density at radius 2 is 1.80 bits per heavy atom. The number of carbonyl (C=O) groups is 1. The van der Waals surface area contributed by atoms with Crippen molar-refractivity contribution in [1.29, 1.82) is 0 Å². The van der Waals surface area contributed by atoms with Gasteiger partial charge in [0.1, 0.15) is 5.75 Å². The number of amides is 1. The van der Waals surface area contributed by atoms with Gasteiger partial charge >= 0.3 is 0 Å². The number of anilines is 1. The van der Waals surface area contributed by atoms with Gasteiger partial charge in [0.15, 0.2) is 0 Å². The molecule has 3 aromatic carbocycles. The number of aryl methyl sites for hydroxylation is 1. The van der Waals surface area contributed by atoms with Crippen molar-refractivity contribution in [3.63, 3.8) is 0 Å². The van der Waals surface area contributed by atoms with Crippen molar-refractivity contribution in [2.75, 3.05) is 12.4 Å². The van der Waals surface area contributed by atoms with E-state index in [0.29, 0.717) is 12.8 Å². The van der Waals surface area contributed by atoms with Crippen LogP contribution in [-0.4, -0.2) is 22.8 Å². The molecule has 0 bridgehead atoms. The normalized spacial score (nSPS) is 10.9. The Kier molecular flexibility index (Phi) is 5.53. The lowest BCUT2D eigenvalue weighted by Gasteiger charge is -2.08. The molecule has 1 N–H and O–H groups in total. The molecule has 4 aromatic rings. The average molecular weight is 399 g/mol. The summed E-state index contributed by atoms with van der Waals surface area (Å²) >= 11 is 0. The maximum Gasteiger partial charge on any atom is 0.224 e. The highest BCUT2D eigenvalue weighted by molar-refractivity contribution is 5.94. The van der Waals surface area contributed by atoms with Crippen LogP contribution in [0.3, 0.4) is 0 Å². The van der Waals surface area contributed by atoms with Crippen molar-refractivity contribution < 1.29 is 9.53 Å². The summed E-state index contributed by atoms with van der Waals surface area (Å²) in [7, 11) is 1.65. The van der Waals surface area contributed by atoms with Crippen LogP contribution in [0, 0.1) is 13.8 Å². The first-order valence-corrected chi connectivity index (χ1v) is 10.0. The first kappa shape index (κ1) is 19.7. The zero-order valence-electron chi connectivity index (χ0n) is 17.5. The quantitative estimate of drug-likeness (QED) is 0.483. The van der Waals surface area contributed by atoms with Crippen LogP contribution >= 0.6 is 0 Å². The van der Waals surface area contributed by atoms with E-state index >= 15 is 0 Å². The maximum absolute atomic E-state index is 12.5. The molecule has 5 nitrogen and oxygen atoms in total. The number of hydrogen-bond acceptors (Lipinski definition) is 3. The number of nitrogens with zero attached hydrogens (tertiary/aromatic N) is 2. The van der Waals surface area contributed by atoms with Gasteiger partial charge in [-0.3, -0.25) is 4.79 Å². The van der Waals surface area contributed by atoms with Gasteiger partial charge in [-0.1, -0.05) is 36.4 Å². The molecule has 0 radical (unpaired) electrons. The summed E-state index contributed by atoms with van der Waals surface area (Å²) in [6.07, 6.45) is 1.04. The Morgan fingerprint density at radius 3 is 2.60 bits per heavy atom. The highest BCUT2D eigenvalue weighted by Crippen LogP contribution is 2.23. The van der Waals surface area contributed by atoms with Gasteiger partial charge in [-0.05, 0) is 60.9 Å². The van der Waals surface area contributed by atoms with E-state index in [1.165, 1.54) is 0 Å². The lowest BCUT2D eigenvalue weighted by Crippen LogP contribution is -2.12. The van der Waals surface area contributed by atoms with Crippen molar-refractivity contribution in [1.82, 2.24) is 9.78 Å². The van der Waals surface area contributed by atoms with Crippen molar-refractivity contribution >= 4 is 22.4 Å².